The van der Waals surface area contributed by atoms with E-state index in [-0.39, 0.29) is 6.04 Å². The van der Waals surface area contributed by atoms with Crippen LogP contribution in [-0.4, -0.2) is 42.6 Å². The zero-order valence-corrected chi connectivity index (χ0v) is 14.3. The van der Waals surface area contributed by atoms with Crippen LogP contribution in [-0.2, 0) is 9.47 Å². The standard InChI is InChI=1S/C17H29N3O3/c1-12(11-14-3-7-21-8-4-14)18-16(15-5-9-22-10-6-15)17-19-13(2)20-23-17/h12,14-16,18H,3-11H2,1-2H3/t12-,16-/m0/s1. The molecule has 2 aliphatic heterocycles. The molecule has 2 saturated heterocycles. The van der Waals surface area contributed by atoms with Gasteiger partial charge in [-0.2, -0.15) is 4.98 Å². The van der Waals surface area contributed by atoms with Crippen molar-refractivity contribution >= 4 is 0 Å². The molecule has 2 aliphatic rings. The highest BCUT2D eigenvalue weighted by Gasteiger charge is 2.31. The lowest BCUT2D eigenvalue weighted by Gasteiger charge is -2.32. The minimum Gasteiger partial charge on any atom is -0.381 e. The fraction of sp³-hybridized carbons (Fsp3) is 0.882. The van der Waals surface area contributed by atoms with E-state index < -0.39 is 0 Å². The van der Waals surface area contributed by atoms with Gasteiger partial charge in [0.25, 0.3) is 0 Å². The average molecular weight is 323 g/mol. The summed E-state index contributed by atoms with van der Waals surface area (Å²) in [7, 11) is 0. The maximum absolute atomic E-state index is 5.51. The number of nitrogens with zero attached hydrogens (tertiary/aromatic N) is 2. The monoisotopic (exact) mass is 323 g/mol. The normalized spacial score (nSPS) is 23.7. The summed E-state index contributed by atoms with van der Waals surface area (Å²) >= 11 is 0. The molecule has 2 atom stereocenters. The van der Waals surface area contributed by atoms with E-state index in [0.717, 1.165) is 51.1 Å². The van der Waals surface area contributed by atoms with Crippen LogP contribution in [0.1, 0.15) is 56.8 Å². The fourth-order valence-electron chi connectivity index (χ4n) is 3.75. The summed E-state index contributed by atoms with van der Waals surface area (Å²) < 4.78 is 16.5. The van der Waals surface area contributed by atoms with Gasteiger partial charge in [0, 0.05) is 32.5 Å². The van der Waals surface area contributed by atoms with Crippen molar-refractivity contribution < 1.29 is 14.0 Å². The molecule has 3 rings (SSSR count). The van der Waals surface area contributed by atoms with E-state index in [9.17, 15) is 0 Å². The molecule has 6 heteroatoms. The molecular formula is C17H29N3O3. The average Bonchev–Trinajstić information content (AvgIpc) is 3.00. The van der Waals surface area contributed by atoms with Crippen LogP contribution in [0.3, 0.4) is 0 Å². The van der Waals surface area contributed by atoms with E-state index in [1.165, 1.54) is 19.3 Å². The summed E-state index contributed by atoms with van der Waals surface area (Å²) in [5.74, 6) is 2.69. The van der Waals surface area contributed by atoms with Gasteiger partial charge in [-0.05, 0) is 57.8 Å². The van der Waals surface area contributed by atoms with Crippen molar-refractivity contribution in [2.75, 3.05) is 26.4 Å². The van der Waals surface area contributed by atoms with Crippen molar-refractivity contribution in [1.82, 2.24) is 15.5 Å². The first-order chi connectivity index (χ1) is 11.2. The topological polar surface area (TPSA) is 69.4 Å². The fourth-order valence-corrected chi connectivity index (χ4v) is 3.75. The van der Waals surface area contributed by atoms with E-state index in [1.54, 1.807) is 0 Å². The zero-order chi connectivity index (χ0) is 16.1. The molecule has 0 radical (unpaired) electrons. The highest BCUT2D eigenvalue weighted by Crippen LogP contribution is 2.31. The number of hydrogen-bond acceptors (Lipinski definition) is 6. The molecule has 6 nitrogen and oxygen atoms in total. The molecule has 0 aliphatic carbocycles. The molecule has 1 N–H and O–H groups in total. The minimum atomic E-state index is 0.134. The Bertz CT molecular complexity index is 467. The summed E-state index contributed by atoms with van der Waals surface area (Å²) in [5, 5.41) is 7.75. The maximum atomic E-state index is 5.51. The SMILES string of the molecule is Cc1noc([C@@H](N[C@@H](C)CC2CCOCC2)C2CCOCC2)n1. The minimum absolute atomic E-state index is 0.134. The molecule has 1 aromatic rings. The lowest BCUT2D eigenvalue weighted by Crippen LogP contribution is -2.39. The number of aryl methyl sites for hydroxylation is 1. The number of aromatic nitrogens is 2. The van der Waals surface area contributed by atoms with Gasteiger partial charge in [-0.25, -0.2) is 0 Å². The van der Waals surface area contributed by atoms with Crippen molar-refractivity contribution in [1.29, 1.82) is 0 Å². The van der Waals surface area contributed by atoms with Crippen molar-refractivity contribution in [3.05, 3.63) is 11.7 Å². The molecular weight excluding hydrogens is 294 g/mol. The Morgan fingerprint density at radius 3 is 2.35 bits per heavy atom. The Kier molecular flexibility index (Phi) is 6.02. The van der Waals surface area contributed by atoms with Crippen LogP contribution in [0.15, 0.2) is 4.52 Å². The molecule has 23 heavy (non-hydrogen) atoms. The third kappa shape index (κ3) is 4.75. The molecule has 0 saturated carbocycles. The van der Waals surface area contributed by atoms with Gasteiger partial charge < -0.3 is 19.3 Å². The summed E-state index contributed by atoms with van der Waals surface area (Å²) in [6.07, 6.45) is 5.61. The maximum Gasteiger partial charge on any atom is 0.244 e. The van der Waals surface area contributed by atoms with Crippen LogP contribution in [0.25, 0.3) is 0 Å². The second kappa shape index (κ2) is 8.22. The van der Waals surface area contributed by atoms with E-state index in [2.05, 4.69) is 22.4 Å². The Morgan fingerprint density at radius 2 is 1.74 bits per heavy atom. The summed E-state index contributed by atoms with van der Waals surface area (Å²) in [5.41, 5.74) is 0. The highest BCUT2D eigenvalue weighted by atomic mass is 16.5. The van der Waals surface area contributed by atoms with Crippen LogP contribution in [0.4, 0.5) is 0 Å². The van der Waals surface area contributed by atoms with Gasteiger partial charge in [-0.3, -0.25) is 0 Å². The molecule has 130 valence electrons. The van der Waals surface area contributed by atoms with E-state index in [1.807, 2.05) is 6.92 Å². The van der Waals surface area contributed by atoms with Gasteiger partial charge in [0.1, 0.15) is 0 Å². The number of ether oxygens (including phenoxy) is 2. The number of nitrogens with one attached hydrogen (secondary N) is 1. The largest absolute Gasteiger partial charge is 0.381 e. The van der Waals surface area contributed by atoms with E-state index in [4.69, 9.17) is 14.0 Å². The first-order valence-corrected chi connectivity index (χ1v) is 8.94. The molecule has 0 amide bonds. The van der Waals surface area contributed by atoms with Crippen molar-refractivity contribution in [2.24, 2.45) is 11.8 Å². The molecule has 0 aromatic carbocycles. The quantitative estimate of drug-likeness (QED) is 0.868. The van der Waals surface area contributed by atoms with Gasteiger partial charge in [0.05, 0.1) is 6.04 Å². The van der Waals surface area contributed by atoms with Crippen molar-refractivity contribution in [2.45, 2.75) is 58.0 Å². The molecule has 0 bridgehead atoms. The first kappa shape index (κ1) is 16.9. The van der Waals surface area contributed by atoms with Crippen molar-refractivity contribution in [3.8, 4) is 0 Å². The Labute approximate surface area is 138 Å². The lowest BCUT2D eigenvalue weighted by molar-refractivity contribution is 0.0429. The lowest BCUT2D eigenvalue weighted by atomic mass is 9.89. The molecule has 3 heterocycles. The third-order valence-corrected chi connectivity index (χ3v) is 5.04. The Morgan fingerprint density at radius 1 is 1.09 bits per heavy atom. The summed E-state index contributed by atoms with van der Waals surface area (Å²) in [6, 6.07) is 0.563. The second-order valence-electron chi connectivity index (χ2n) is 6.97. The van der Waals surface area contributed by atoms with Crippen LogP contribution in [0.5, 0.6) is 0 Å². The Balaban J connectivity index is 1.62. The number of hydrogen-bond donors (Lipinski definition) is 1. The first-order valence-electron chi connectivity index (χ1n) is 8.94. The summed E-state index contributed by atoms with van der Waals surface area (Å²) in [4.78, 5) is 4.48. The van der Waals surface area contributed by atoms with E-state index in [0.29, 0.717) is 17.8 Å². The highest BCUT2D eigenvalue weighted by molar-refractivity contribution is 4.96. The van der Waals surface area contributed by atoms with Gasteiger partial charge >= 0.3 is 0 Å². The third-order valence-electron chi connectivity index (χ3n) is 5.04. The second-order valence-corrected chi connectivity index (χ2v) is 6.97. The molecule has 0 spiro atoms. The smallest absolute Gasteiger partial charge is 0.244 e. The number of rotatable bonds is 6. The predicted octanol–water partition coefficient (Wildman–Crippen LogP) is 2.64. The van der Waals surface area contributed by atoms with Gasteiger partial charge in [0.15, 0.2) is 5.82 Å². The summed E-state index contributed by atoms with van der Waals surface area (Å²) in [6.45, 7) is 7.60. The van der Waals surface area contributed by atoms with Crippen LogP contribution in [0.2, 0.25) is 0 Å². The van der Waals surface area contributed by atoms with Crippen molar-refractivity contribution in [3.63, 3.8) is 0 Å². The van der Waals surface area contributed by atoms with Crippen LogP contribution < -0.4 is 5.32 Å². The van der Waals surface area contributed by atoms with Gasteiger partial charge in [-0.15, -0.1) is 0 Å². The molecule has 2 fully saturated rings. The van der Waals surface area contributed by atoms with Gasteiger partial charge in [0.2, 0.25) is 5.89 Å². The van der Waals surface area contributed by atoms with E-state index >= 15 is 0 Å². The molecule has 1 aromatic heterocycles. The predicted molar refractivity (Wildman–Crippen MR) is 86.1 cm³/mol. The Hall–Kier alpha value is -0.980. The van der Waals surface area contributed by atoms with Gasteiger partial charge in [-0.1, -0.05) is 5.16 Å². The van der Waals surface area contributed by atoms with Crippen LogP contribution >= 0.6 is 0 Å². The van der Waals surface area contributed by atoms with Crippen LogP contribution in [0, 0.1) is 18.8 Å². The molecule has 0 unspecified atom stereocenters. The zero-order valence-electron chi connectivity index (χ0n) is 14.3.